The zero-order chi connectivity index (χ0) is 14.7. The lowest BCUT2D eigenvalue weighted by Gasteiger charge is -2.28. The number of rotatable bonds is 4. The molecule has 0 aliphatic carbocycles. The molecular formula is C16H19ClN4. The second-order valence-corrected chi connectivity index (χ2v) is 5.92. The van der Waals surface area contributed by atoms with Crippen LogP contribution in [0.25, 0.3) is 0 Å². The predicted molar refractivity (Wildman–Crippen MR) is 83.1 cm³/mol. The number of pyridine rings is 1. The maximum Gasteiger partial charge on any atom is 0.128 e. The lowest BCUT2D eigenvalue weighted by molar-refractivity contribution is 0.242. The van der Waals surface area contributed by atoms with Gasteiger partial charge in [-0.3, -0.25) is 9.88 Å². The smallest absolute Gasteiger partial charge is 0.128 e. The van der Waals surface area contributed by atoms with Gasteiger partial charge in [0.2, 0.25) is 0 Å². The van der Waals surface area contributed by atoms with E-state index < -0.39 is 0 Å². The van der Waals surface area contributed by atoms with Gasteiger partial charge in [-0.05, 0) is 18.1 Å². The Morgan fingerprint density at radius 3 is 3.00 bits per heavy atom. The van der Waals surface area contributed by atoms with E-state index >= 15 is 0 Å². The number of aromatic nitrogens is 3. The highest BCUT2D eigenvalue weighted by molar-refractivity contribution is 6.30. The summed E-state index contributed by atoms with van der Waals surface area (Å²) in [7, 11) is 0. The highest BCUT2D eigenvalue weighted by Crippen LogP contribution is 2.19. The Kier molecular flexibility index (Phi) is 4.46. The zero-order valence-electron chi connectivity index (χ0n) is 12.2. The summed E-state index contributed by atoms with van der Waals surface area (Å²) in [5.41, 5.74) is 3.61. The normalized spacial score (nSPS) is 15.0. The van der Waals surface area contributed by atoms with E-state index in [4.69, 9.17) is 11.6 Å². The summed E-state index contributed by atoms with van der Waals surface area (Å²) in [6.45, 7) is 4.93. The average Bonchev–Trinajstić information content (AvgIpc) is 2.48. The van der Waals surface area contributed by atoms with Gasteiger partial charge in [0.1, 0.15) is 5.82 Å². The van der Waals surface area contributed by atoms with Gasteiger partial charge in [0.05, 0.1) is 5.02 Å². The molecule has 0 saturated heterocycles. The van der Waals surface area contributed by atoms with E-state index in [2.05, 4.69) is 26.8 Å². The maximum atomic E-state index is 5.99. The topological polar surface area (TPSA) is 41.9 Å². The minimum Gasteiger partial charge on any atom is -0.294 e. The Labute approximate surface area is 130 Å². The summed E-state index contributed by atoms with van der Waals surface area (Å²) in [6.07, 6.45) is 8.58. The van der Waals surface area contributed by atoms with Crippen molar-refractivity contribution in [1.82, 2.24) is 19.9 Å². The number of nitrogens with zero attached hydrogens (tertiary/aromatic N) is 4. The molecule has 0 bridgehead atoms. The molecule has 110 valence electrons. The molecule has 3 heterocycles. The van der Waals surface area contributed by atoms with Gasteiger partial charge in [-0.1, -0.05) is 18.5 Å². The van der Waals surface area contributed by atoms with Crippen LogP contribution in [0.3, 0.4) is 0 Å². The third-order valence-electron chi connectivity index (χ3n) is 3.70. The number of hydrogen-bond acceptors (Lipinski definition) is 4. The van der Waals surface area contributed by atoms with Crippen LogP contribution >= 0.6 is 11.6 Å². The minimum absolute atomic E-state index is 0.692. The summed E-state index contributed by atoms with van der Waals surface area (Å²) >= 11 is 5.99. The summed E-state index contributed by atoms with van der Waals surface area (Å²) < 4.78 is 0. The first-order valence-corrected chi connectivity index (χ1v) is 7.78. The standard InChI is InChI=1S/C16H19ClN4/c1-2-3-16-19-8-13-11-21(5-4-15(13)20-16)10-12-6-14(17)9-18-7-12/h6-9H,2-5,10-11H2,1H3. The molecule has 3 rings (SSSR count). The van der Waals surface area contributed by atoms with Gasteiger partial charge in [-0.15, -0.1) is 0 Å². The SMILES string of the molecule is CCCc1ncc2c(n1)CCN(Cc1cncc(Cl)c1)C2. The molecule has 5 heteroatoms. The van der Waals surface area contributed by atoms with E-state index in [1.807, 2.05) is 18.5 Å². The fourth-order valence-electron chi connectivity index (χ4n) is 2.70. The third-order valence-corrected chi connectivity index (χ3v) is 3.91. The number of fused-ring (bicyclic) bond motifs is 1. The monoisotopic (exact) mass is 302 g/mol. The van der Waals surface area contributed by atoms with E-state index in [9.17, 15) is 0 Å². The van der Waals surface area contributed by atoms with Gasteiger partial charge in [-0.25, -0.2) is 9.97 Å². The van der Waals surface area contributed by atoms with Crippen molar-refractivity contribution in [2.75, 3.05) is 6.54 Å². The molecule has 0 unspecified atom stereocenters. The molecule has 0 radical (unpaired) electrons. The summed E-state index contributed by atoms with van der Waals surface area (Å²) in [6, 6.07) is 1.98. The first-order valence-electron chi connectivity index (χ1n) is 7.40. The number of aryl methyl sites for hydroxylation is 1. The third kappa shape index (κ3) is 3.57. The van der Waals surface area contributed by atoms with Crippen LogP contribution in [0.15, 0.2) is 24.7 Å². The summed E-state index contributed by atoms with van der Waals surface area (Å²) in [4.78, 5) is 15.7. The Bertz CT molecular complexity index is 629. The van der Waals surface area contributed by atoms with Gasteiger partial charge in [0.25, 0.3) is 0 Å². The van der Waals surface area contributed by atoms with E-state index in [0.29, 0.717) is 5.02 Å². The molecular weight excluding hydrogens is 284 g/mol. The van der Waals surface area contributed by atoms with E-state index in [-0.39, 0.29) is 0 Å². The molecule has 2 aromatic heterocycles. The molecule has 0 N–H and O–H groups in total. The predicted octanol–water partition coefficient (Wildman–Crippen LogP) is 3.04. The van der Waals surface area contributed by atoms with Gasteiger partial charge in [-0.2, -0.15) is 0 Å². The van der Waals surface area contributed by atoms with Gasteiger partial charge < -0.3 is 0 Å². The van der Waals surface area contributed by atoms with E-state index in [1.54, 1.807) is 6.20 Å². The van der Waals surface area contributed by atoms with Crippen molar-refractivity contribution in [2.45, 2.75) is 39.3 Å². The maximum absolute atomic E-state index is 5.99. The Morgan fingerprint density at radius 1 is 1.29 bits per heavy atom. The van der Waals surface area contributed by atoms with Crippen molar-refractivity contribution in [3.63, 3.8) is 0 Å². The average molecular weight is 303 g/mol. The highest BCUT2D eigenvalue weighted by atomic mass is 35.5. The van der Waals surface area contributed by atoms with Gasteiger partial charge in [0.15, 0.2) is 0 Å². The van der Waals surface area contributed by atoms with Gasteiger partial charge >= 0.3 is 0 Å². The molecule has 1 aliphatic heterocycles. The lowest BCUT2D eigenvalue weighted by atomic mass is 10.1. The van der Waals surface area contributed by atoms with E-state index in [1.165, 1.54) is 11.3 Å². The Balaban J connectivity index is 1.70. The second-order valence-electron chi connectivity index (χ2n) is 5.48. The van der Waals surface area contributed by atoms with Crippen molar-refractivity contribution in [3.8, 4) is 0 Å². The van der Waals surface area contributed by atoms with Crippen molar-refractivity contribution in [2.24, 2.45) is 0 Å². The Morgan fingerprint density at radius 2 is 2.19 bits per heavy atom. The number of hydrogen-bond donors (Lipinski definition) is 0. The highest BCUT2D eigenvalue weighted by Gasteiger charge is 2.18. The zero-order valence-corrected chi connectivity index (χ0v) is 13.0. The lowest BCUT2D eigenvalue weighted by Crippen LogP contribution is -2.31. The largest absolute Gasteiger partial charge is 0.294 e. The molecule has 4 nitrogen and oxygen atoms in total. The van der Waals surface area contributed by atoms with Gasteiger partial charge in [0, 0.05) is 62.3 Å². The molecule has 0 spiro atoms. The van der Waals surface area contributed by atoms with Crippen LogP contribution in [0.1, 0.15) is 36.0 Å². The van der Waals surface area contributed by atoms with Crippen molar-refractivity contribution in [3.05, 3.63) is 52.3 Å². The summed E-state index contributed by atoms with van der Waals surface area (Å²) in [5.74, 6) is 0.976. The fraction of sp³-hybridized carbons (Fsp3) is 0.438. The van der Waals surface area contributed by atoms with Crippen LogP contribution < -0.4 is 0 Å². The molecule has 0 amide bonds. The Hall–Kier alpha value is -1.52. The van der Waals surface area contributed by atoms with E-state index in [0.717, 1.165) is 50.3 Å². The first kappa shape index (κ1) is 14.4. The van der Waals surface area contributed by atoms with Crippen molar-refractivity contribution < 1.29 is 0 Å². The molecule has 0 saturated carbocycles. The second kappa shape index (κ2) is 6.50. The molecule has 1 aliphatic rings. The molecule has 0 aromatic carbocycles. The van der Waals surface area contributed by atoms with Crippen LogP contribution in [0, 0.1) is 0 Å². The molecule has 21 heavy (non-hydrogen) atoms. The van der Waals surface area contributed by atoms with Crippen molar-refractivity contribution in [1.29, 1.82) is 0 Å². The summed E-state index contributed by atoms with van der Waals surface area (Å²) in [5, 5.41) is 0.692. The molecule has 2 aromatic rings. The molecule has 0 atom stereocenters. The van der Waals surface area contributed by atoms with Crippen LogP contribution in [-0.4, -0.2) is 26.4 Å². The quantitative estimate of drug-likeness (QED) is 0.870. The number of halogens is 1. The van der Waals surface area contributed by atoms with Crippen molar-refractivity contribution >= 4 is 11.6 Å². The fourth-order valence-corrected chi connectivity index (χ4v) is 2.89. The van der Waals surface area contributed by atoms with Crippen LogP contribution in [0.2, 0.25) is 5.02 Å². The van der Waals surface area contributed by atoms with Crippen LogP contribution in [0.4, 0.5) is 0 Å². The minimum atomic E-state index is 0.692. The first-order chi connectivity index (χ1) is 10.2. The van der Waals surface area contributed by atoms with Crippen LogP contribution in [0.5, 0.6) is 0 Å². The van der Waals surface area contributed by atoms with Crippen LogP contribution in [-0.2, 0) is 25.9 Å². The molecule has 0 fully saturated rings.